The minimum Gasteiger partial charge on any atom is -0.355 e. The summed E-state index contributed by atoms with van der Waals surface area (Å²) in [5.74, 6) is 0.160. The molecule has 1 unspecified atom stereocenters. The predicted molar refractivity (Wildman–Crippen MR) is 80.6 cm³/mol. The Bertz CT molecular complexity index is 566. The van der Waals surface area contributed by atoms with Crippen LogP contribution in [0.1, 0.15) is 36.1 Å². The van der Waals surface area contributed by atoms with Crippen LogP contribution in [0.15, 0.2) is 48.7 Å². The molecule has 0 radical (unpaired) electrons. The number of nitrogens with zero attached hydrogens (tertiary/aromatic N) is 1. The second-order valence-electron chi connectivity index (χ2n) is 4.82. The molecule has 2 rings (SSSR count). The summed E-state index contributed by atoms with van der Waals surface area (Å²) in [5.41, 5.74) is 3.41. The van der Waals surface area contributed by atoms with Crippen molar-refractivity contribution in [3.8, 4) is 0 Å². The highest BCUT2D eigenvalue weighted by Crippen LogP contribution is 2.25. The van der Waals surface area contributed by atoms with Gasteiger partial charge in [-0.05, 0) is 30.2 Å². The molecule has 20 heavy (non-hydrogen) atoms. The average Bonchev–Trinajstić information content (AvgIpc) is 2.50. The van der Waals surface area contributed by atoms with Crippen molar-refractivity contribution in [3.63, 3.8) is 0 Å². The molecule has 1 aromatic carbocycles. The van der Waals surface area contributed by atoms with Crippen LogP contribution in [0.2, 0.25) is 0 Å². The molecule has 0 saturated heterocycles. The van der Waals surface area contributed by atoms with Crippen LogP contribution in [0.4, 0.5) is 0 Å². The second-order valence-corrected chi connectivity index (χ2v) is 4.82. The fourth-order valence-electron chi connectivity index (χ4n) is 2.27. The molecule has 0 bridgehead atoms. The minimum absolute atomic E-state index is 0.0690. The van der Waals surface area contributed by atoms with Crippen molar-refractivity contribution in [2.24, 2.45) is 0 Å². The average molecular weight is 268 g/mol. The number of carbonyl (C=O) groups excluding carboxylic acids is 1. The molecular formula is C17H20N2O. The van der Waals surface area contributed by atoms with E-state index < -0.39 is 0 Å². The van der Waals surface area contributed by atoms with Gasteiger partial charge < -0.3 is 5.32 Å². The van der Waals surface area contributed by atoms with Gasteiger partial charge in [-0.25, -0.2) is 0 Å². The molecule has 0 aliphatic rings. The number of aromatic nitrogens is 1. The molecule has 1 heterocycles. The molecule has 0 fully saturated rings. The Kier molecular flexibility index (Phi) is 4.88. The zero-order valence-electron chi connectivity index (χ0n) is 12.0. The monoisotopic (exact) mass is 268 g/mol. The van der Waals surface area contributed by atoms with E-state index >= 15 is 0 Å². The van der Waals surface area contributed by atoms with Crippen LogP contribution in [-0.2, 0) is 4.79 Å². The van der Waals surface area contributed by atoms with E-state index in [4.69, 9.17) is 0 Å². The second kappa shape index (κ2) is 6.85. The number of aryl methyl sites for hydroxylation is 1. The number of rotatable bonds is 5. The number of nitrogens with one attached hydrogen (secondary N) is 1. The molecule has 0 aliphatic carbocycles. The highest BCUT2D eigenvalue weighted by molar-refractivity contribution is 5.75. The maximum Gasteiger partial charge on any atom is 0.219 e. The lowest BCUT2D eigenvalue weighted by molar-refractivity contribution is -0.120. The summed E-state index contributed by atoms with van der Waals surface area (Å²) in [5, 5.41) is 2.98. The molecule has 1 N–H and O–H groups in total. The number of pyridine rings is 1. The third-order valence-electron chi connectivity index (χ3n) is 3.43. The number of hydrogen-bond donors (Lipinski definition) is 1. The van der Waals surface area contributed by atoms with E-state index in [-0.39, 0.29) is 11.8 Å². The summed E-state index contributed by atoms with van der Waals surface area (Å²) in [6.07, 6.45) is 2.30. The molecule has 1 aromatic heterocycles. The van der Waals surface area contributed by atoms with Crippen LogP contribution in [0.5, 0.6) is 0 Å². The number of benzene rings is 1. The van der Waals surface area contributed by atoms with Crippen LogP contribution in [0, 0.1) is 6.92 Å². The summed E-state index contributed by atoms with van der Waals surface area (Å²) in [7, 11) is 0. The van der Waals surface area contributed by atoms with Crippen molar-refractivity contribution in [3.05, 3.63) is 65.5 Å². The largest absolute Gasteiger partial charge is 0.355 e. The number of carbonyl (C=O) groups is 1. The van der Waals surface area contributed by atoms with Crippen molar-refractivity contribution >= 4 is 5.91 Å². The lowest BCUT2D eigenvalue weighted by Crippen LogP contribution is -2.28. The highest BCUT2D eigenvalue weighted by atomic mass is 16.1. The van der Waals surface area contributed by atoms with Gasteiger partial charge in [0, 0.05) is 30.8 Å². The first-order valence-corrected chi connectivity index (χ1v) is 6.95. The van der Waals surface area contributed by atoms with Crippen molar-refractivity contribution < 1.29 is 4.79 Å². The smallest absolute Gasteiger partial charge is 0.219 e. The normalized spacial score (nSPS) is 11.9. The van der Waals surface area contributed by atoms with Gasteiger partial charge in [0.25, 0.3) is 0 Å². The first-order valence-electron chi connectivity index (χ1n) is 6.95. The first kappa shape index (κ1) is 14.3. The van der Waals surface area contributed by atoms with E-state index in [9.17, 15) is 4.79 Å². The van der Waals surface area contributed by atoms with E-state index in [1.54, 1.807) is 6.20 Å². The first-order chi connectivity index (χ1) is 9.72. The maximum absolute atomic E-state index is 11.5. The highest BCUT2D eigenvalue weighted by Gasteiger charge is 2.17. The molecule has 3 nitrogen and oxygen atoms in total. The van der Waals surface area contributed by atoms with Gasteiger partial charge in [-0.3, -0.25) is 9.78 Å². The molecule has 2 aromatic rings. The molecule has 3 heteroatoms. The summed E-state index contributed by atoms with van der Waals surface area (Å²) < 4.78 is 0. The fourth-order valence-corrected chi connectivity index (χ4v) is 2.27. The Morgan fingerprint density at radius 1 is 1.20 bits per heavy atom. The fraction of sp³-hybridized carbons (Fsp3) is 0.294. The SMILES string of the molecule is CCC(=O)NCC(c1ccccn1)c1ccccc1C. The summed E-state index contributed by atoms with van der Waals surface area (Å²) in [4.78, 5) is 16.0. The molecule has 0 spiro atoms. The van der Waals surface area contributed by atoms with Gasteiger partial charge in [0.1, 0.15) is 0 Å². The van der Waals surface area contributed by atoms with Crippen LogP contribution in [0.25, 0.3) is 0 Å². The van der Waals surface area contributed by atoms with Gasteiger partial charge >= 0.3 is 0 Å². The van der Waals surface area contributed by atoms with Crippen molar-refractivity contribution in [1.29, 1.82) is 0 Å². The third-order valence-corrected chi connectivity index (χ3v) is 3.43. The predicted octanol–water partition coefficient (Wildman–Crippen LogP) is 3.05. The van der Waals surface area contributed by atoms with Crippen LogP contribution >= 0.6 is 0 Å². The minimum atomic E-state index is 0.0690. The Labute approximate surface area is 120 Å². The number of hydrogen-bond acceptors (Lipinski definition) is 2. The summed E-state index contributed by atoms with van der Waals surface area (Å²) in [6.45, 7) is 4.53. The van der Waals surface area contributed by atoms with E-state index in [1.165, 1.54) is 11.1 Å². The summed E-state index contributed by atoms with van der Waals surface area (Å²) in [6, 6.07) is 14.1. The molecule has 0 aliphatic heterocycles. The van der Waals surface area contributed by atoms with Gasteiger partial charge in [-0.2, -0.15) is 0 Å². The Balaban J connectivity index is 2.30. The zero-order valence-corrected chi connectivity index (χ0v) is 12.0. The van der Waals surface area contributed by atoms with Gasteiger partial charge in [-0.1, -0.05) is 37.3 Å². The van der Waals surface area contributed by atoms with Gasteiger partial charge in [0.2, 0.25) is 5.91 Å². The van der Waals surface area contributed by atoms with Gasteiger partial charge in [-0.15, -0.1) is 0 Å². The molecule has 1 amide bonds. The Morgan fingerprint density at radius 2 is 1.95 bits per heavy atom. The molecule has 104 valence electrons. The zero-order chi connectivity index (χ0) is 14.4. The standard InChI is InChI=1S/C17H20N2O/c1-3-17(20)19-12-15(16-10-6-7-11-18-16)14-9-5-4-8-13(14)2/h4-11,15H,3,12H2,1-2H3,(H,19,20). The lowest BCUT2D eigenvalue weighted by Gasteiger charge is -2.19. The van der Waals surface area contributed by atoms with Crippen molar-refractivity contribution in [2.75, 3.05) is 6.54 Å². The van der Waals surface area contributed by atoms with E-state index in [2.05, 4.69) is 29.4 Å². The van der Waals surface area contributed by atoms with Crippen LogP contribution in [0.3, 0.4) is 0 Å². The number of amides is 1. The molecule has 1 atom stereocenters. The molecular weight excluding hydrogens is 248 g/mol. The van der Waals surface area contributed by atoms with Gasteiger partial charge in [0.15, 0.2) is 0 Å². The Hall–Kier alpha value is -2.16. The van der Waals surface area contributed by atoms with Crippen LogP contribution < -0.4 is 5.32 Å². The van der Waals surface area contributed by atoms with Crippen LogP contribution in [-0.4, -0.2) is 17.4 Å². The summed E-state index contributed by atoms with van der Waals surface area (Å²) >= 11 is 0. The molecule has 0 saturated carbocycles. The van der Waals surface area contributed by atoms with E-state index in [0.717, 1.165) is 5.69 Å². The quantitative estimate of drug-likeness (QED) is 0.905. The topological polar surface area (TPSA) is 42.0 Å². The van der Waals surface area contributed by atoms with Crippen molar-refractivity contribution in [1.82, 2.24) is 10.3 Å². The van der Waals surface area contributed by atoms with E-state index in [0.29, 0.717) is 13.0 Å². The van der Waals surface area contributed by atoms with E-state index in [1.807, 2.05) is 37.3 Å². The maximum atomic E-state index is 11.5. The lowest BCUT2D eigenvalue weighted by atomic mass is 9.91. The third kappa shape index (κ3) is 3.44. The van der Waals surface area contributed by atoms with Gasteiger partial charge in [0.05, 0.1) is 0 Å². The Morgan fingerprint density at radius 3 is 2.60 bits per heavy atom. The van der Waals surface area contributed by atoms with Crippen molar-refractivity contribution in [2.45, 2.75) is 26.2 Å².